The highest BCUT2D eigenvalue weighted by atomic mass is 19.4. The molecule has 0 aliphatic rings. The minimum Gasteiger partial charge on any atom is -0.325 e. The number of halogens is 4. The first-order chi connectivity index (χ1) is 14.1. The van der Waals surface area contributed by atoms with Gasteiger partial charge >= 0.3 is 6.18 Å². The molecular formula is C21H16F4N4O. The van der Waals surface area contributed by atoms with Crippen LogP contribution in [0.1, 0.15) is 28.1 Å². The highest BCUT2D eigenvalue weighted by Gasteiger charge is 2.30. The molecule has 0 radical (unpaired) electrons. The summed E-state index contributed by atoms with van der Waals surface area (Å²) in [6.07, 6.45) is -4.60. The second kappa shape index (κ2) is 7.99. The van der Waals surface area contributed by atoms with Gasteiger partial charge in [-0.25, -0.2) is 9.07 Å². The molecule has 0 fully saturated rings. The van der Waals surface area contributed by atoms with E-state index in [9.17, 15) is 22.4 Å². The van der Waals surface area contributed by atoms with Crippen molar-refractivity contribution in [3.8, 4) is 11.8 Å². The monoisotopic (exact) mass is 416 g/mol. The van der Waals surface area contributed by atoms with Crippen molar-refractivity contribution in [2.75, 3.05) is 5.32 Å². The van der Waals surface area contributed by atoms with Gasteiger partial charge in [-0.3, -0.25) is 4.79 Å². The fourth-order valence-corrected chi connectivity index (χ4v) is 3.07. The van der Waals surface area contributed by atoms with Gasteiger partial charge in [-0.15, -0.1) is 0 Å². The summed E-state index contributed by atoms with van der Waals surface area (Å²) < 4.78 is 53.6. The number of nitriles is 1. The number of amides is 1. The van der Waals surface area contributed by atoms with E-state index >= 15 is 0 Å². The van der Waals surface area contributed by atoms with E-state index < -0.39 is 23.5 Å². The first-order valence-corrected chi connectivity index (χ1v) is 8.82. The van der Waals surface area contributed by atoms with Crippen molar-refractivity contribution in [3.05, 3.63) is 76.4 Å². The van der Waals surface area contributed by atoms with E-state index in [0.29, 0.717) is 17.0 Å². The lowest BCUT2D eigenvalue weighted by Crippen LogP contribution is -2.16. The van der Waals surface area contributed by atoms with Crippen LogP contribution in [0.2, 0.25) is 0 Å². The average Bonchev–Trinajstić information content (AvgIpc) is 2.97. The van der Waals surface area contributed by atoms with Crippen molar-refractivity contribution >= 4 is 11.6 Å². The van der Waals surface area contributed by atoms with E-state index in [0.717, 1.165) is 24.3 Å². The van der Waals surface area contributed by atoms with E-state index in [-0.39, 0.29) is 23.4 Å². The van der Waals surface area contributed by atoms with Crippen LogP contribution in [0.5, 0.6) is 0 Å². The Kier molecular flexibility index (Phi) is 5.60. The maximum absolute atomic E-state index is 13.2. The van der Waals surface area contributed by atoms with E-state index in [1.165, 1.54) is 22.9 Å². The van der Waals surface area contributed by atoms with Crippen molar-refractivity contribution in [1.29, 1.82) is 5.26 Å². The van der Waals surface area contributed by atoms with Crippen LogP contribution < -0.4 is 5.32 Å². The maximum atomic E-state index is 13.2. The van der Waals surface area contributed by atoms with Gasteiger partial charge in [0.15, 0.2) is 0 Å². The quantitative estimate of drug-likeness (QED) is 0.627. The van der Waals surface area contributed by atoms with E-state index in [1.807, 2.05) is 6.07 Å². The Morgan fingerprint density at radius 2 is 1.93 bits per heavy atom. The molecule has 0 aliphatic carbocycles. The van der Waals surface area contributed by atoms with Crippen molar-refractivity contribution < 1.29 is 22.4 Å². The highest BCUT2D eigenvalue weighted by Crippen LogP contribution is 2.31. The summed E-state index contributed by atoms with van der Waals surface area (Å²) >= 11 is 0. The number of carbonyl (C=O) groups is 1. The molecule has 3 rings (SSSR count). The molecule has 1 amide bonds. The molecule has 0 saturated heterocycles. The van der Waals surface area contributed by atoms with Crippen LogP contribution in [0.4, 0.5) is 23.2 Å². The topological polar surface area (TPSA) is 70.7 Å². The number of aryl methyl sites for hydroxylation is 1. The smallest absolute Gasteiger partial charge is 0.325 e. The number of alkyl halides is 3. The molecule has 0 saturated carbocycles. The Labute approximate surface area is 169 Å². The van der Waals surface area contributed by atoms with Crippen LogP contribution in [0.25, 0.3) is 5.69 Å². The number of hydrogen-bond acceptors (Lipinski definition) is 3. The van der Waals surface area contributed by atoms with Gasteiger partial charge in [0.25, 0.3) is 0 Å². The molecule has 5 nitrogen and oxygen atoms in total. The van der Waals surface area contributed by atoms with Crippen LogP contribution in [-0.4, -0.2) is 15.7 Å². The third-order valence-electron chi connectivity index (χ3n) is 4.57. The largest absolute Gasteiger partial charge is 0.416 e. The number of benzene rings is 2. The number of nitrogens with zero attached hydrogens (tertiary/aromatic N) is 3. The first-order valence-electron chi connectivity index (χ1n) is 8.82. The molecule has 9 heteroatoms. The predicted octanol–water partition coefficient (Wildman–Crippen LogP) is 4.70. The number of nitrogens with one attached hydrogen (secondary N) is 1. The normalized spacial score (nSPS) is 11.2. The van der Waals surface area contributed by atoms with Crippen molar-refractivity contribution in [3.63, 3.8) is 0 Å². The summed E-state index contributed by atoms with van der Waals surface area (Å²) in [5, 5.41) is 15.9. The van der Waals surface area contributed by atoms with Gasteiger partial charge in [0.1, 0.15) is 11.9 Å². The van der Waals surface area contributed by atoms with E-state index in [4.69, 9.17) is 5.26 Å². The summed E-state index contributed by atoms with van der Waals surface area (Å²) in [6.45, 7) is 3.31. The first kappa shape index (κ1) is 21.0. The van der Waals surface area contributed by atoms with Crippen LogP contribution >= 0.6 is 0 Å². The molecular weight excluding hydrogens is 400 g/mol. The molecule has 1 heterocycles. The Morgan fingerprint density at radius 3 is 2.60 bits per heavy atom. The lowest BCUT2D eigenvalue weighted by Gasteiger charge is -2.10. The number of aromatic nitrogens is 2. The molecule has 154 valence electrons. The van der Waals surface area contributed by atoms with Crippen LogP contribution in [0, 0.1) is 31.0 Å². The number of carbonyl (C=O) groups excluding carboxylic acids is 1. The van der Waals surface area contributed by atoms with E-state index in [2.05, 4.69) is 10.4 Å². The second-order valence-electron chi connectivity index (χ2n) is 6.64. The standard InChI is InChI=1S/C21H16F4N4O/c1-12-18(10-20(30)27-19-7-6-16(22)8-14(19)11-26)13(2)29(28-12)17-5-3-4-15(9-17)21(23,24)25/h3-9H,10H2,1-2H3,(H,27,30). The molecule has 1 aromatic heterocycles. The third kappa shape index (κ3) is 4.33. The summed E-state index contributed by atoms with van der Waals surface area (Å²) in [6, 6.07) is 9.98. The maximum Gasteiger partial charge on any atom is 0.416 e. The number of anilines is 1. The van der Waals surface area contributed by atoms with Crippen LogP contribution in [-0.2, 0) is 17.4 Å². The van der Waals surface area contributed by atoms with Crippen molar-refractivity contribution in [2.24, 2.45) is 0 Å². The summed E-state index contributed by atoms with van der Waals surface area (Å²) in [4.78, 5) is 12.5. The van der Waals surface area contributed by atoms with Gasteiger partial charge in [-0.1, -0.05) is 6.07 Å². The van der Waals surface area contributed by atoms with Crippen LogP contribution in [0.3, 0.4) is 0 Å². The van der Waals surface area contributed by atoms with Crippen molar-refractivity contribution in [2.45, 2.75) is 26.4 Å². The lowest BCUT2D eigenvalue weighted by molar-refractivity contribution is -0.137. The second-order valence-corrected chi connectivity index (χ2v) is 6.64. The average molecular weight is 416 g/mol. The van der Waals surface area contributed by atoms with Gasteiger partial charge in [0.05, 0.1) is 34.6 Å². The zero-order chi connectivity index (χ0) is 22.1. The zero-order valence-corrected chi connectivity index (χ0v) is 16.0. The van der Waals surface area contributed by atoms with Gasteiger partial charge in [0, 0.05) is 11.3 Å². The fraction of sp³-hybridized carbons (Fsp3) is 0.190. The SMILES string of the molecule is Cc1nn(-c2cccc(C(F)(F)F)c2)c(C)c1CC(=O)Nc1ccc(F)cc1C#N. The molecule has 0 atom stereocenters. The van der Waals surface area contributed by atoms with Gasteiger partial charge in [-0.05, 0) is 50.2 Å². The molecule has 0 aliphatic heterocycles. The molecule has 3 aromatic rings. The van der Waals surface area contributed by atoms with Gasteiger partial charge in [-0.2, -0.15) is 23.5 Å². The Morgan fingerprint density at radius 1 is 1.20 bits per heavy atom. The van der Waals surface area contributed by atoms with Crippen LogP contribution in [0.15, 0.2) is 42.5 Å². The highest BCUT2D eigenvalue weighted by molar-refractivity contribution is 5.93. The van der Waals surface area contributed by atoms with E-state index in [1.54, 1.807) is 13.8 Å². The number of hydrogen-bond donors (Lipinski definition) is 1. The number of rotatable bonds is 4. The Balaban J connectivity index is 1.87. The summed E-state index contributed by atoms with van der Waals surface area (Å²) in [5.41, 5.74) is 1.13. The summed E-state index contributed by atoms with van der Waals surface area (Å²) in [7, 11) is 0. The lowest BCUT2D eigenvalue weighted by atomic mass is 10.1. The Hall–Kier alpha value is -3.67. The van der Waals surface area contributed by atoms with Gasteiger partial charge in [0.2, 0.25) is 5.91 Å². The fourth-order valence-electron chi connectivity index (χ4n) is 3.07. The minimum absolute atomic E-state index is 0.0172. The summed E-state index contributed by atoms with van der Waals surface area (Å²) in [5.74, 6) is -1.06. The molecule has 0 bridgehead atoms. The molecule has 0 unspecified atom stereocenters. The molecule has 30 heavy (non-hydrogen) atoms. The zero-order valence-electron chi connectivity index (χ0n) is 16.0. The predicted molar refractivity (Wildman–Crippen MR) is 101 cm³/mol. The molecule has 0 spiro atoms. The van der Waals surface area contributed by atoms with Gasteiger partial charge < -0.3 is 5.32 Å². The minimum atomic E-state index is -4.48. The van der Waals surface area contributed by atoms with Crippen molar-refractivity contribution in [1.82, 2.24) is 9.78 Å². The Bertz CT molecular complexity index is 1160. The third-order valence-corrected chi connectivity index (χ3v) is 4.57. The molecule has 1 N–H and O–H groups in total. The molecule has 2 aromatic carbocycles.